The maximum atomic E-state index is 13.2. The zero-order chi connectivity index (χ0) is 22.7. The van der Waals surface area contributed by atoms with Gasteiger partial charge < -0.3 is 4.74 Å². The van der Waals surface area contributed by atoms with E-state index < -0.39 is 0 Å². The predicted octanol–water partition coefficient (Wildman–Crippen LogP) is 6.42. The van der Waals surface area contributed by atoms with Gasteiger partial charge in [-0.3, -0.25) is 14.5 Å². The number of nitrogens with zero attached hydrogens (tertiary/aromatic N) is 2. The van der Waals surface area contributed by atoms with Crippen LogP contribution >= 0.6 is 46.3 Å². The Balaban J connectivity index is 1.63. The van der Waals surface area contributed by atoms with Crippen LogP contribution in [0.25, 0.3) is 6.08 Å². The van der Waals surface area contributed by atoms with Gasteiger partial charge in [0.15, 0.2) is 11.0 Å². The summed E-state index contributed by atoms with van der Waals surface area (Å²) in [5, 5.41) is 3.26. The van der Waals surface area contributed by atoms with E-state index in [0.29, 0.717) is 37.9 Å². The summed E-state index contributed by atoms with van der Waals surface area (Å²) in [5.41, 5.74) is 1.38. The molecule has 0 fully saturated rings. The fraction of sp³-hybridized carbons (Fsp3) is 0.0870. The highest BCUT2D eigenvalue weighted by Gasteiger charge is 2.33. The zero-order valence-electron chi connectivity index (χ0n) is 16.7. The van der Waals surface area contributed by atoms with Gasteiger partial charge in [-0.1, -0.05) is 41.0 Å². The average Bonchev–Trinajstić information content (AvgIpc) is 3.41. The van der Waals surface area contributed by atoms with Gasteiger partial charge in [0.25, 0.3) is 5.91 Å². The SMILES string of the molecule is COc1ccc(N2C(=O)/C(=C/c3cccs3)N=C2SCC(=O)c2ccc(Cl)cc2)cc1Cl. The average molecular weight is 503 g/mol. The molecular formula is C23H16Cl2N2O3S2. The molecule has 0 unspecified atom stereocenters. The number of ether oxygens (including phenoxy) is 1. The van der Waals surface area contributed by atoms with Crippen molar-refractivity contribution in [3.8, 4) is 5.75 Å². The number of carbonyl (C=O) groups excluding carboxylic acids is 2. The van der Waals surface area contributed by atoms with Crippen LogP contribution in [0, 0.1) is 0 Å². The van der Waals surface area contributed by atoms with E-state index in [-0.39, 0.29) is 17.4 Å². The second-order valence-corrected chi connectivity index (χ2v) is 9.38. The van der Waals surface area contributed by atoms with Crippen LogP contribution in [0.3, 0.4) is 0 Å². The quantitative estimate of drug-likeness (QED) is 0.288. The highest BCUT2D eigenvalue weighted by molar-refractivity contribution is 8.14. The van der Waals surface area contributed by atoms with Gasteiger partial charge >= 0.3 is 0 Å². The number of thiophene rings is 1. The van der Waals surface area contributed by atoms with E-state index in [1.54, 1.807) is 48.5 Å². The monoisotopic (exact) mass is 502 g/mol. The minimum Gasteiger partial charge on any atom is -0.495 e. The van der Waals surface area contributed by atoms with E-state index in [1.807, 2.05) is 17.5 Å². The summed E-state index contributed by atoms with van der Waals surface area (Å²) >= 11 is 14.9. The molecule has 1 amide bonds. The summed E-state index contributed by atoms with van der Waals surface area (Å²) in [7, 11) is 1.52. The van der Waals surface area contributed by atoms with Crippen LogP contribution in [0.2, 0.25) is 10.0 Å². The molecule has 0 N–H and O–H groups in total. The molecule has 4 rings (SSSR count). The molecule has 0 spiro atoms. The molecule has 0 radical (unpaired) electrons. The van der Waals surface area contributed by atoms with E-state index in [1.165, 1.54) is 35.1 Å². The number of benzene rings is 2. The Hall–Kier alpha value is -2.58. The van der Waals surface area contributed by atoms with Crippen LogP contribution in [0.15, 0.2) is 70.7 Å². The summed E-state index contributed by atoms with van der Waals surface area (Å²) in [6, 6.07) is 15.6. The third kappa shape index (κ3) is 4.91. The number of thioether (sulfide) groups is 1. The van der Waals surface area contributed by atoms with Crippen LogP contribution in [0.4, 0.5) is 5.69 Å². The summed E-state index contributed by atoms with van der Waals surface area (Å²) in [4.78, 5) is 32.8. The van der Waals surface area contributed by atoms with Crippen molar-refractivity contribution in [2.75, 3.05) is 17.8 Å². The Bertz CT molecular complexity index is 1220. The van der Waals surface area contributed by atoms with Crippen LogP contribution in [-0.4, -0.2) is 29.7 Å². The lowest BCUT2D eigenvalue weighted by atomic mass is 10.1. The summed E-state index contributed by atoms with van der Waals surface area (Å²) < 4.78 is 5.21. The third-order valence-corrected chi connectivity index (χ3v) is 6.85. The van der Waals surface area contributed by atoms with Crippen molar-refractivity contribution in [2.24, 2.45) is 4.99 Å². The molecule has 0 bridgehead atoms. The van der Waals surface area contributed by atoms with Gasteiger partial charge in [-0.25, -0.2) is 4.99 Å². The van der Waals surface area contributed by atoms with Crippen LogP contribution < -0.4 is 9.64 Å². The minimum absolute atomic E-state index is 0.0924. The molecule has 9 heteroatoms. The molecule has 162 valence electrons. The normalized spacial score (nSPS) is 14.7. The van der Waals surface area contributed by atoms with Crippen molar-refractivity contribution in [1.29, 1.82) is 0 Å². The molecule has 2 aromatic carbocycles. The van der Waals surface area contributed by atoms with Gasteiger partial charge in [0.1, 0.15) is 11.4 Å². The maximum absolute atomic E-state index is 13.2. The number of aliphatic imine (C=N–C) groups is 1. The van der Waals surface area contributed by atoms with Crippen LogP contribution in [0.5, 0.6) is 5.75 Å². The topological polar surface area (TPSA) is 59.0 Å². The molecule has 1 aliphatic heterocycles. The summed E-state index contributed by atoms with van der Waals surface area (Å²) in [5.74, 6) is 0.229. The fourth-order valence-corrected chi connectivity index (χ4v) is 4.91. The Labute approximate surface area is 203 Å². The van der Waals surface area contributed by atoms with Gasteiger partial charge in [0.2, 0.25) is 0 Å². The van der Waals surface area contributed by atoms with E-state index in [4.69, 9.17) is 27.9 Å². The van der Waals surface area contributed by atoms with E-state index in [2.05, 4.69) is 4.99 Å². The lowest BCUT2D eigenvalue weighted by molar-refractivity contribution is -0.113. The molecule has 5 nitrogen and oxygen atoms in total. The Kier molecular flexibility index (Phi) is 7.01. The highest BCUT2D eigenvalue weighted by Crippen LogP contribution is 2.34. The number of methoxy groups -OCH3 is 1. The van der Waals surface area contributed by atoms with Gasteiger partial charge in [0, 0.05) is 15.5 Å². The zero-order valence-corrected chi connectivity index (χ0v) is 19.9. The molecule has 1 aromatic heterocycles. The molecule has 0 saturated carbocycles. The van der Waals surface area contributed by atoms with E-state index >= 15 is 0 Å². The molecular weight excluding hydrogens is 487 g/mol. The van der Waals surface area contributed by atoms with Crippen molar-refractivity contribution in [2.45, 2.75) is 0 Å². The largest absolute Gasteiger partial charge is 0.495 e. The molecule has 0 aliphatic carbocycles. The first kappa shape index (κ1) is 22.6. The third-order valence-electron chi connectivity index (χ3n) is 4.54. The molecule has 0 saturated heterocycles. The van der Waals surface area contributed by atoms with Crippen LogP contribution in [-0.2, 0) is 4.79 Å². The number of anilines is 1. The van der Waals surface area contributed by atoms with Gasteiger partial charge in [0.05, 0.1) is 23.6 Å². The van der Waals surface area contributed by atoms with E-state index in [0.717, 1.165) is 4.88 Å². The molecule has 3 aromatic rings. The molecule has 32 heavy (non-hydrogen) atoms. The standard InChI is InChI=1S/C23H16Cl2N2O3S2/c1-30-21-9-8-16(11-18(21)25)27-22(29)19(12-17-3-2-10-31-17)26-23(27)32-13-20(28)14-4-6-15(24)7-5-14/h2-12H,13H2,1H3/b19-12-. The van der Waals surface area contributed by atoms with Crippen molar-refractivity contribution in [3.05, 3.63) is 86.2 Å². The van der Waals surface area contributed by atoms with E-state index in [9.17, 15) is 9.59 Å². The first-order valence-corrected chi connectivity index (χ1v) is 12.0. The number of rotatable bonds is 6. The summed E-state index contributed by atoms with van der Waals surface area (Å²) in [6.45, 7) is 0. The van der Waals surface area contributed by atoms with Crippen molar-refractivity contribution in [1.82, 2.24) is 0 Å². The van der Waals surface area contributed by atoms with Crippen molar-refractivity contribution < 1.29 is 14.3 Å². The highest BCUT2D eigenvalue weighted by atomic mass is 35.5. The number of hydrogen-bond acceptors (Lipinski definition) is 6. The van der Waals surface area contributed by atoms with Crippen molar-refractivity contribution >= 4 is 74.9 Å². The molecule has 2 heterocycles. The molecule has 1 aliphatic rings. The Morgan fingerprint density at radius 1 is 1.19 bits per heavy atom. The van der Waals surface area contributed by atoms with Crippen LogP contribution in [0.1, 0.15) is 15.2 Å². The number of carbonyl (C=O) groups is 2. The Morgan fingerprint density at radius 2 is 1.97 bits per heavy atom. The Morgan fingerprint density at radius 3 is 2.62 bits per heavy atom. The predicted molar refractivity (Wildman–Crippen MR) is 133 cm³/mol. The number of hydrogen-bond donors (Lipinski definition) is 0. The number of ketones is 1. The second kappa shape index (κ2) is 9.92. The number of Topliss-reactive ketones (excluding diaryl/α,β-unsaturated/α-hetero) is 1. The number of halogens is 2. The van der Waals surface area contributed by atoms with Crippen molar-refractivity contribution in [3.63, 3.8) is 0 Å². The summed E-state index contributed by atoms with van der Waals surface area (Å²) in [6.07, 6.45) is 1.74. The second-order valence-electron chi connectivity index (χ2n) is 6.62. The maximum Gasteiger partial charge on any atom is 0.283 e. The van der Waals surface area contributed by atoms with Gasteiger partial charge in [-0.05, 0) is 60.0 Å². The first-order valence-electron chi connectivity index (χ1n) is 9.39. The fourth-order valence-electron chi connectivity index (χ4n) is 2.97. The minimum atomic E-state index is -0.291. The van der Waals surface area contributed by atoms with Gasteiger partial charge in [-0.2, -0.15) is 0 Å². The number of amides is 1. The molecule has 0 atom stereocenters. The first-order chi connectivity index (χ1) is 15.5. The number of amidine groups is 1. The lowest BCUT2D eigenvalue weighted by Crippen LogP contribution is -2.30. The lowest BCUT2D eigenvalue weighted by Gasteiger charge is -2.18. The smallest absolute Gasteiger partial charge is 0.283 e. The van der Waals surface area contributed by atoms with Gasteiger partial charge in [-0.15, -0.1) is 11.3 Å².